The molecule has 0 aliphatic carbocycles. The number of benzene rings is 8. The van der Waals surface area contributed by atoms with Crippen LogP contribution in [0.25, 0.3) is 22.3 Å². The summed E-state index contributed by atoms with van der Waals surface area (Å²) in [5.41, 5.74) is 17.8. The Kier molecular flexibility index (Phi) is 11.1. The molecule has 3 heteroatoms. The molecule has 0 saturated heterocycles. The first kappa shape index (κ1) is 37.6. The Balaban J connectivity index is 1.53. The summed E-state index contributed by atoms with van der Waals surface area (Å²) in [6.45, 7) is 11.2. The van der Waals surface area contributed by atoms with Crippen LogP contribution in [-0.4, -0.2) is 0 Å². The predicted octanol–water partition coefficient (Wildman–Crippen LogP) is 15.9. The van der Waals surface area contributed by atoms with E-state index in [4.69, 9.17) is 0 Å². The summed E-state index contributed by atoms with van der Waals surface area (Å²) in [7, 11) is 0. The van der Waals surface area contributed by atoms with Crippen LogP contribution in [0.5, 0.6) is 0 Å². The maximum atomic E-state index is 2.49. The third-order valence-corrected chi connectivity index (χ3v) is 12.1. The Bertz CT molecular complexity index is 2590. The summed E-state index contributed by atoms with van der Waals surface area (Å²) < 4.78 is 0. The summed E-state index contributed by atoms with van der Waals surface area (Å²) in [4.78, 5) is 7.42. The Labute approximate surface area is 343 Å². The van der Waals surface area contributed by atoms with Gasteiger partial charge in [0.2, 0.25) is 0 Å². The highest BCUT2D eigenvalue weighted by Crippen LogP contribution is 2.52. The van der Waals surface area contributed by atoms with Gasteiger partial charge in [0.15, 0.2) is 0 Å². The Morgan fingerprint density at radius 2 is 0.912 bits per heavy atom. The third kappa shape index (κ3) is 7.77. The second-order valence-electron chi connectivity index (χ2n) is 14.7. The summed E-state index contributed by atoms with van der Waals surface area (Å²) in [6.07, 6.45) is 0.905. The predicted molar refractivity (Wildman–Crippen MR) is 246 cm³/mol. The number of hydrogen-bond donors (Lipinski definition) is 0. The minimum atomic E-state index is 0.905. The van der Waals surface area contributed by atoms with E-state index >= 15 is 0 Å². The van der Waals surface area contributed by atoms with Crippen molar-refractivity contribution >= 4 is 45.9 Å². The average molecular weight is 757 g/mol. The molecule has 0 unspecified atom stereocenters. The van der Waals surface area contributed by atoms with E-state index in [0.29, 0.717) is 0 Å². The molecule has 0 atom stereocenters. The SMILES string of the molecule is CCc1ccccc1N(c1ccccc1)c1cc(N(c2ccccc2)c2ccccc2)cc(-c2cc(Sc3ccccc3C)c(C)cc2C)c1-c1ccccc1C. The van der Waals surface area contributed by atoms with Crippen LogP contribution in [0.3, 0.4) is 0 Å². The first-order chi connectivity index (χ1) is 27.9. The first-order valence-electron chi connectivity index (χ1n) is 19.8. The lowest BCUT2D eigenvalue weighted by Gasteiger charge is -2.34. The largest absolute Gasteiger partial charge is 0.310 e. The maximum Gasteiger partial charge on any atom is 0.0567 e. The number of nitrogens with zero attached hydrogens (tertiary/aromatic N) is 2. The highest BCUT2D eigenvalue weighted by molar-refractivity contribution is 7.99. The molecular weight excluding hydrogens is 709 g/mol. The Hall–Kier alpha value is -6.29. The molecule has 57 heavy (non-hydrogen) atoms. The molecular formula is C54H48N2S. The second-order valence-corrected chi connectivity index (χ2v) is 15.7. The lowest BCUT2D eigenvalue weighted by molar-refractivity contribution is 1.11. The van der Waals surface area contributed by atoms with E-state index in [1.807, 2.05) is 11.8 Å². The highest BCUT2D eigenvalue weighted by atomic mass is 32.2. The summed E-state index contributed by atoms with van der Waals surface area (Å²) in [5, 5.41) is 0. The van der Waals surface area contributed by atoms with Gasteiger partial charge >= 0.3 is 0 Å². The van der Waals surface area contributed by atoms with E-state index in [1.54, 1.807) is 0 Å². The summed E-state index contributed by atoms with van der Waals surface area (Å²) in [6, 6.07) is 68.5. The van der Waals surface area contributed by atoms with Crippen molar-refractivity contribution in [2.75, 3.05) is 9.80 Å². The van der Waals surface area contributed by atoms with Gasteiger partial charge in [0.05, 0.1) is 5.69 Å². The van der Waals surface area contributed by atoms with Crippen LogP contribution in [0.2, 0.25) is 0 Å². The van der Waals surface area contributed by atoms with Crippen LogP contribution < -0.4 is 9.80 Å². The molecule has 0 heterocycles. The van der Waals surface area contributed by atoms with Gasteiger partial charge in [0.1, 0.15) is 0 Å². The fraction of sp³-hybridized carbons (Fsp3) is 0.111. The standard InChI is InChI=1S/C54H48N2S/c1-6-42-24-18-20-32-50(42)56(45-29-14-9-15-30-45)51-36-46(55(43-25-10-7-11-26-43)44-27-12-8-13-28-44)35-49(54(51)47-31-19-16-22-38(47)2)48-37-53(41(5)34-40(48)4)57-52-33-21-17-23-39(52)3/h7-37H,6H2,1-5H3. The van der Waals surface area contributed by atoms with E-state index in [-0.39, 0.29) is 0 Å². The van der Waals surface area contributed by atoms with Crippen LogP contribution in [0, 0.1) is 27.7 Å². The molecule has 0 radical (unpaired) electrons. The van der Waals surface area contributed by atoms with E-state index < -0.39 is 0 Å². The third-order valence-electron chi connectivity index (χ3n) is 10.8. The lowest BCUT2D eigenvalue weighted by atomic mass is 9.87. The van der Waals surface area contributed by atoms with Crippen molar-refractivity contribution in [2.45, 2.75) is 50.8 Å². The molecule has 0 spiro atoms. The smallest absolute Gasteiger partial charge is 0.0567 e. The van der Waals surface area contributed by atoms with Crippen molar-refractivity contribution in [1.29, 1.82) is 0 Å². The van der Waals surface area contributed by atoms with Gasteiger partial charge in [-0.3, -0.25) is 0 Å². The number of rotatable bonds is 11. The fourth-order valence-corrected chi connectivity index (χ4v) is 8.91. The molecule has 0 aliphatic heterocycles. The monoisotopic (exact) mass is 756 g/mol. The van der Waals surface area contributed by atoms with Crippen molar-refractivity contribution in [2.24, 2.45) is 0 Å². The average Bonchev–Trinajstić information content (AvgIpc) is 3.24. The van der Waals surface area contributed by atoms with Crippen molar-refractivity contribution in [3.63, 3.8) is 0 Å². The normalized spacial score (nSPS) is 11.0. The van der Waals surface area contributed by atoms with Gasteiger partial charge in [0.25, 0.3) is 0 Å². The molecule has 0 aromatic heterocycles. The molecule has 0 amide bonds. The number of para-hydroxylation sites is 4. The van der Waals surface area contributed by atoms with Crippen LogP contribution in [0.1, 0.15) is 34.7 Å². The van der Waals surface area contributed by atoms with Gasteiger partial charge in [-0.25, -0.2) is 0 Å². The molecule has 0 aliphatic rings. The van der Waals surface area contributed by atoms with Crippen molar-refractivity contribution in [3.05, 3.63) is 216 Å². The van der Waals surface area contributed by atoms with Crippen molar-refractivity contribution < 1.29 is 0 Å². The van der Waals surface area contributed by atoms with Crippen LogP contribution in [0.4, 0.5) is 34.1 Å². The lowest BCUT2D eigenvalue weighted by Crippen LogP contribution is -2.16. The van der Waals surface area contributed by atoms with Gasteiger partial charge in [-0.15, -0.1) is 0 Å². The van der Waals surface area contributed by atoms with E-state index in [9.17, 15) is 0 Å². The molecule has 2 nitrogen and oxygen atoms in total. The van der Waals surface area contributed by atoms with Crippen molar-refractivity contribution in [1.82, 2.24) is 0 Å². The maximum absolute atomic E-state index is 2.49. The summed E-state index contributed by atoms with van der Waals surface area (Å²) >= 11 is 1.86. The number of anilines is 6. The zero-order valence-corrected chi connectivity index (χ0v) is 34.2. The quantitative estimate of drug-likeness (QED) is 0.130. The van der Waals surface area contributed by atoms with E-state index in [1.165, 1.54) is 65.5 Å². The topological polar surface area (TPSA) is 6.48 Å². The zero-order chi connectivity index (χ0) is 39.3. The van der Waals surface area contributed by atoms with Crippen LogP contribution >= 0.6 is 11.8 Å². The molecule has 8 aromatic carbocycles. The fourth-order valence-electron chi connectivity index (χ4n) is 7.90. The Morgan fingerprint density at radius 3 is 1.53 bits per heavy atom. The minimum Gasteiger partial charge on any atom is -0.310 e. The van der Waals surface area contributed by atoms with Gasteiger partial charge in [-0.2, -0.15) is 0 Å². The van der Waals surface area contributed by atoms with Crippen LogP contribution in [-0.2, 0) is 6.42 Å². The molecule has 8 rings (SSSR count). The second kappa shape index (κ2) is 16.8. The van der Waals surface area contributed by atoms with E-state index in [0.717, 1.165) is 34.9 Å². The van der Waals surface area contributed by atoms with E-state index in [2.05, 4.69) is 232 Å². The van der Waals surface area contributed by atoms with Gasteiger partial charge in [-0.1, -0.05) is 140 Å². The molecule has 280 valence electrons. The molecule has 0 saturated carbocycles. The van der Waals surface area contributed by atoms with Gasteiger partial charge < -0.3 is 9.80 Å². The first-order valence-corrected chi connectivity index (χ1v) is 20.7. The summed E-state index contributed by atoms with van der Waals surface area (Å²) in [5.74, 6) is 0. The van der Waals surface area contributed by atoms with Gasteiger partial charge in [-0.05, 0) is 145 Å². The molecule has 8 aromatic rings. The minimum absolute atomic E-state index is 0.905. The molecule has 0 N–H and O–H groups in total. The number of hydrogen-bond acceptors (Lipinski definition) is 3. The highest BCUT2D eigenvalue weighted by Gasteiger charge is 2.27. The zero-order valence-electron chi connectivity index (χ0n) is 33.4. The van der Waals surface area contributed by atoms with Crippen molar-refractivity contribution in [3.8, 4) is 22.3 Å². The molecule has 0 fully saturated rings. The number of aryl methyl sites for hydroxylation is 5. The van der Waals surface area contributed by atoms with Crippen LogP contribution in [0.15, 0.2) is 198 Å². The van der Waals surface area contributed by atoms with Gasteiger partial charge in [0, 0.05) is 43.8 Å². The Morgan fingerprint density at radius 1 is 0.368 bits per heavy atom. The molecule has 0 bridgehead atoms.